The highest BCUT2D eigenvalue weighted by Crippen LogP contribution is 2.31. The van der Waals surface area contributed by atoms with Crippen LogP contribution in [-0.4, -0.2) is 30.3 Å². The van der Waals surface area contributed by atoms with Crippen LogP contribution >= 0.6 is 15.9 Å². The summed E-state index contributed by atoms with van der Waals surface area (Å²) < 4.78 is 24.6. The standard InChI is InChI=1S/C9H18BrNO3S/c1-8-2-4-9(12,5-3-8)6-11-15(13,14)7-10/h8,11-12H,2-7H2,1H3. The molecule has 6 heteroatoms. The topological polar surface area (TPSA) is 66.4 Å². The highest BCUT2D eigenvalue weighted by Gasteiger charge is 2.32. The van der Waals surface area contributed by atoms with Crippen molar-refractivity contribution < 1.29 is 13.5 Å². The van der Waals surface area contributed by atoms with Crippen molar-refractivity contribution in [2.75, 3.05) is 11.2 Å². The van der Waals surface area contributed by atoms with E-state index in [2.05, 4.69) is 27.6 Å². The van der Waals surface area contributed by atoms with E-state index in [0.29, 0.717) is 18.8 Å². The fraction of sp³-hybridized carbons (Fsp3) is 1.00. The lowest BCUT2D eigenvalue weighted by molar-refractivity contribution is -0.00180. The number of hydrogen-bond donors (Lipinski definition) is 2. The number of halogens is 1. The largest absolute Gasteiger partial charge is 0.389 e. The van der Waals surface area contributed by atoms with Crippen molar-refractivity contribution in [1.82, 2.24) is 4.72 Å². The summed E-state index contributed by atoms with van der Waals surface area (Å²) in [6.07, 6.45) is 3.29. The summed E-state index contributed by atoms with van der Waals surface area (Å²) in [7, 11) is -3.26. The van der Waals surface area contributed by atoms with E-state index in [1.807, 2.05) is 0 Å². The Bertz CT molecular complexity index is 296. The van der Waals surface area contributed by atoms with Crippen molar-refractivity contribution in [3.63, 3.8) is 0 Å². The summed E-state index contributed by atoms with van der Waals surface area (Å²) in [6.45, 7) is 2.29. The molecule has 4 nitrogen and oxygen atoms in total. The number of rotatable bonds is 4. The smallest absolute Gasteiger partial charge is 0.221 e. The molecule has 90 valence electrons. The van der Waals surface area contributed by atoms with Gasteiger partial charge in [-0.15, -0.1) is 0 Å². The molecule has 0 bridgehead atoms. The summed E-state index contributed by atoms with van der Waals surface area (Å²) in [4.78, 5) is 0. The minimum absolute atomic E-state index is 0.119. The maximum Gasteiger partial charge on any atom is 0.221 e. The molecule has 0 unspecified atom stereocenters. The quantitative estimate of drug-likeness (QED) is 0.767. The van der Waals surface area contributed by atoms with Crippen LogP contribution in [0.3, 0.4) is 0 Å². The van der Waals surface area contributed by atoms with Gasteiger partial charge in [0.15, 0.2) is 0 Å². The van der Waals surface area contributed by atoms with E-state index in [-0.39, 0.29) is 11.2 Å². The van der Waals surface area contributed by atoms with E-state index >= 15 is 0 Å². The number of sulfonamides is 1. The molecule has 0 aliphatic heterocycles. The third-order valence-electron chi connectivity index (χ3n) is 2.97. The van der Waals surface area contributed by atoms with Crippen LogP contribution < -0.4 is 4.72 Å². The van der Waals surface area contributed by atoms with Crippen LogP contribution in [0.5, 0.6) is 0 Å². The highest BCUT2D eigenvalue weighted by atomic mass is 79.9. The van der Waals surface area contributed by atoms with Crippen molar-refractivity contribution in [3.8, 4) is 0 Å². The van der Waals surface area contributed by atoms with Crippen LogP contribution in [0.2, 0.25) is 0 Å². The average molecular weight is 300 g/mol. The van der Waals surface area contributed by atoms with Gasteiger partial charge in [0.1, 0.15) is 4.66 Å². The Kier molecular flexibility index (Phi) is 4.58. The third-order valence-corrected chi connectivity index (χ3v) is 5.65. The van der Waals surface area contributed by atoms with Gasteiger partial charge in [0.25, 0.3) is 0 Å². The van der Waals surface area contributed by atoms with Gasteiger partial charge in [0, 0.05) is 6.54 Å². The van der Waals surface area contributed by atoms with Crippen molar-refractivity contribution >= 4 is 26.0 Å². The summed E-state index contributed by atoms with van der Waals surface area (Å²) in [5, 5.41) is 10.1. The maximum absolute atomic E-state index is 11.2. The number of hydrogen-bond acceptors (Lipinski definition) is 3. The van der Waals surface area contributed by atoms with Gasteiger partial charge >= 0.3 is 0 Å². The van der Waals surface area contributed by atoms with Gasteiger partial charge in [-0.1, -0.05) is 22.9 Å². The molecule has 0 amide bonds. The van der Waals surface area contributed by atoms with Gasteiger partial charge in [0.05, 0.1) is 5.60 Å². The van der Waals surface area contributed by atoms with Crippen LogP contribution in [0, 0.1) is 5.92 Å². The van der Waals surface area contributed by atoms with E-state index < -0.39 is 15.6 Å². The fourth-order valence-corrected chi connectivity index (χ4v) is 2.81. The van der Waals surface area contributed by atoms with Crippen molar-refractivity contribution in [2.45, 2.75) is 38.2 Å². The molecular formula is C9H18BrNO3S. The number of alkyl halides is 1. The summed E-state index contributed by atoms with van der Waals surface area (Å²) >= 11 is 2.89. The first kappa shape index (κ1) is 13.4. The van der Waals surface area contributed by atoms with E-state index in [1.165, 1.54) is 0 Å². The molecule has 1 aliphatic rings. The van der Waals surface area contributed by atoms with Crippen LogP contribution in [0.4, 0.5) is 0 Å². The van der Waals surface area contributed by atoms with Crippen LogP contribution in [-0.2, 0) is 10.0 Å². The number of aliphatic hydroxyl groups is 1. The molecule has 15 heavy (non-hydrogen) atoms. The highest BCUT2D eigenvalue weighted by molar-refractivity contribution is 9.10. The first-order chi connectivity index (χ1) is 6.87. The van der Waals surface area contributed by atoms with Gasteiger partial charge in [-0.2, -0.15) is 0 Å². The van der Waals surface area contributed by atoms with Crippen LogP contribution in [0.15, 0.2) is 0 Å². The molecule has 1 aliphatic carbocycles. The zero-order valence-corrected chi connectivity index (χ0v) is 11.3. The second kappa shape index (κ2) is 5.12. The average Bonchev–Trinajstić information content (AvgIpc) is 2.21. The Morgan fingerprint density at radius 3 is 2.47 bits per heavy atom. The van der Waals surface area contributed by atoms with E-state index in [0.717, 1.165) is 12.8 Å². The molecule has 2 N–H and O–H groups in total. The predicted octanol–water partition coefficient (Wildman–Crippen LogP) is 1.20. The van der Waals surface area contributed by atoms with E-state index in [9.17, 15) is 13.5 Å². The Balaban J connectivity index is 2.44. The molecular weight excluding hydrogens is 282 g/mol. The lowest BCUT2D eigenvalue weighted by Gasteiger charge is -2.34. The van der Waals surface area contributed by atoms with Gasteiger partial charge in [-0.3, -0.25) is 0 Å². The SMILES string of the molecule is CC1CCC(O)(CNS(=O)(=O)CBr)CC1. The summed E-state index contributed by atoms with van der Waals surface area (Å²) in [5.41, 5.74) is -0.845. The molecule has 0 saturated heterocycles. The molecule has 1 fully saturated rings. The molecule has 0 spiro atoms. The van der Waals surface area contributed by atoms with Crippen LogP contribution in [0.25, 0.3) is 0 Å². The van der Waals surface area contributed by atoms with Crippen molar-refractivity contribution in [2.24, 2.45) is 5.92 Å². The normalized spacial score (nSPS) is 32.9. The molecule has 0 heterocycles. The molecule has 0 aromatic heterocycles. The molecule has 0 aromatic carbocycles. The minimum Gasteiger partial charge on any atom is -0.389 e. The van der Waals surface area contributed by atoms with E-state index in [1.54, 1.807) is 0 Å². The Morgan fingerprint density at radius 1 is 1.47 bits per heavy atom. The molecule has 1 rings (SSSR count). The Hall–Kier alpha value is 0.350. The second-order valence-electron chi connectivity index (χ2n) is 4.45. The number of nitrogens with one attached hydrogen (secondary N) is 1. The van der Waals surface area contributed by atoms with Gasteiger partial charge in [-0.05, 0) is 31.6 Å². The monoisotopic (exact) mass is 299 g/mol. The maximum atomic E-state index is 11.2. The van der Waals surface area contributed by atoms with E-state index in [4.69, 9.17) is 0 Å². The van der Waals surface area contributed by atoms with Gasteiger partial charge < -0.3 is 5.11 Å². The van der Waals surface area contributed by atoms with Crippen molar-refractivity contribution in [3.05, 3.63) is 0 Å². The predicted molar refractivity (Wildman–Crippen MR) is 63.3 cm³/mol. The molecule has 0 radical (unpaired) electrons. The van der Waals surface area contributed by atoms with Gasteiger partial charge in [0.2, 0.25) is 10.0 Å². The lowest BCUT2D eigenvalue weighted by Crippen LogP contribution is -2.45. The molecule has 0 aromatic rings. The first-order valence-corrected chi connectivity index (χ1v) is 7.90. The van der Waals surface area contributed by atoms with Crippen LogP contribution in [0.1, 0.15) is 32.6 Å². The fourth-order valence-electron chi connectivity index (χ4n) is 1.76. The second-order valence-corrected chi connectivity index (χ2v) is 7.56. The third kappa shape index (κ3) is 4.38. The first-order valence-electron chi connectivity index (χ1n) is 5.13. The van der Waals surface area contributed by atoms with Gasteiger partial charge in [-0.25, -0.2) is 13.1 Å². The zero-order valence-electron chi connectivity index (χ0n) is 8.87. The lowest BCUT2D eigenvalue weighted by atomic mass is 9.80. The Morgan fingerprint density at radius 2 is 2.00 bits per heavy atom. The summed E-state index contributed by atoms with van der Waals surface area (Å²) in [6, 6.07) is 0. The molecule has 1 saturated carbocycles. The summed E-state index contributed by atoms with van der Waals surface area (Å²) in [5.74, 6) is 0.637. The van der Waals surface area contributed by atoms with Crippen molar-refractivity contribution in [1.29, 1.82) is 0 Å². The minimum atomic E-state index is -3.26. The zero-order chi connectivity index (χ0) is 11.5. The Labute approximate surface area is 99.6 Å². The molecule has 0 atom stereocenters.